The Morgan fingerprint density at radius 1 is 1.24 bits per heavy atom. The van der Waals surface area contributed by atoms with E-state index < -0.39 is 0 Å². The maximum Gasteiger partial charge on any atom is 0.138 e. The van der Waals surface area contributed by atoms with Gasteiger partial charge in [-0.1, -0.05) is 18.2 Å². The van der Waals surface area contributed by atoms with Gasteiger partial charge in [0.05, 0.1) is 23.5 Å². The van der Waals surface area contributed by atoms with Crippen molar-refractivity contribution in [1.29, 1.82) is 5.26 Å². The summed E-state index contributed by atoms with van der Waals surface area (Å²) in [5.74, 6) is 0.720. The first-order valence-electron chi connectivity index (χ1n) is 7.14. The molecule has 1 heterocycles. The fraction of sp³-hybridized carbons (Fsp3) is 0.294. The highest BCUT2D eigenvalue weighted by Gasteiger charge is 2.20. The molecule has 2 aromatic rings. The lowest BCUT2D eigenvalue weighted by atomic mass is 10.1. The molecule has 1 saturated carbocycles. The molecule has 4 heteroatoms. The number of nitrogens with zero attached hydrogens (tertiary/aromatic N) is 2. The van der Waals surface area contributed by atoms with Crippen molar-refractivity contribution in [2.24, 2.45) is 0 Å². The summed E-state index contributed by atoms with van der Waals surface area (Å²) < 4.78 is 5.69. The van der Waals surface area contributed by atoms with Gasteiger partial charge in [0.1, 0.15) is 12.4 Å². The minimum absolute atomic E-state index is 0.380. The number of pyridine rings is 1. The largest absolute Gasteiger partial charge is 0.487 e. The third-order valence-electron chi connectivity index (χ3n) is 3.48. The van der Waals surface area contributed by atoms with Gasteiger partial charge in [0.2, 0.25) is 0 Å². The van der Waals surface area contributed by atoms with Crippen molar-refractivity contribution in [2.45, 2.75) is 32.0 Å². The lowest BCUT2D eigenvalue weighted by molar-refractivity contribution is 0.304. The quantitative estimate of drug-likeness (QED) is 0.883. The summed E-state index contributed by atoms with van der Waals surface area (Å²) in [6.07, 6.45) is 4.29. The lowest BCUT2D eigenvalue weighted by Crippen LogP contribution is -2.16. The number of nitrogens with one attached hydrogen (secondary N) is 1. The van der Waals surface area contributed by atoms with Crippen LogP contribution in [0.1, 0.15) is 29.7 Å². The van der Waals surface area contributed by atoms with Crippen molar-refractivity contribution >= 4 is 0 Å². The van der Waals surface area contributed by atoms with Gasteiger partial charge in [-0.3, -0.25) is 4.98 Å². The number of aromatic nitrogens is 1. The fourth-order valence-electron chi connectivity index (χ4n) is 2.05. The average Bonchev–Trinajstić information content (AvgIpc) is 3.36. The Hall–Kier alpha value is -2.38. The summed E-state index contributed by atoms with van der Waals surface area (Å²) in [5, 5.41) is 12.5. The van der Waals surface area contributed by atoms with Crippen LogP contribution in [0.25, 0.3) is 0 Å². The van der Waals surface area contributed by atoms with Gasteiger partial charge in [0, 0.05) is 18.2 Å². The Labute approximate surface area is 124 Å². The molecule has 0 bridgehead atoms. The van der Waals surface area contributed by atoms with E-state index in [0.29, 0.717) is 18.2 Å². The monoisotopic (exact) mass is 279 g/mol. The van der Waals surface area contributed by atoms with Crippen molar-refractivity contribution in [3.8, 4) is 11.8 Å². The Bertz CT molecular complexity index is 642. The molecule has 1 N–H and O–H groups in total. The molecule has 1 aliphatic rings. The summed E-state index contributed by atoms with van der Waals surface area (Å²) >= 11 is 0. The highest BCUT2D eigenvalue weighted by atomic mass is 16.5. The number of hydrogen-bond donors (Lipinski definition) is 1. The molecule has 0 spiro atoms. The zero-order valence-electron chi connectivity index (χ0n) is 11.7. The number of hydrogen-bond acceptors (Lipinski definition) is 4. The van der Waals surface area contributed by atoms with E-state index in [9.17, 15) is 0 Å². The molecule has 1 aromatic heterocycles. The molecule has 0 unspecified atom stereocenters. The smallest absolute Gasteiger partial charge is 0.138 e. The minimum atomic E-state index is 0.380. The van der Waals surface area contributed by atoms with Crippen LogP contribution < -0.4 is 10.1 Å². The predicted molar refractivity (Wildman–Crippen MR) is 79.6 cm³/mol. The van der Waals surface area contributed by atoms with Gasteiger partial charge in [-0.15, -0.1) is 0 Å². The predicted octanol–water partition coefficient (Wildman–Crippen LogP) is 2.78. The zero-order chi connectivity index (χ0) is 14.5. The molecule has 0 amide bonds. The third-order valence-corrected chi connectivity index (χ3v) is 3.48. The molecule has 4 nitrogen and oxygen atoms in total. The average molecular weight is 279 g/mol. The standard InChI is InChI=1S/C17H17N3O/c18-9-13-3-1-2-4-14(13)12-21-17-8-7-16(20-11-17)10-19-15-5-6-15/h1-4,7-8,11,15,19H,5-6,10,12H2. The first-order chi connectivity index (χ1) is 10.3. The number of rotatable bonds is 6. The molecule has 0 radical (unpaired) electrons. The summed E-state index contributed by atoms with van der Waals surface area (Å²) in [6.45, 7) is 1.19. The maximum absolute atomic E-state index is 9.04. The third kappa shape index (κ3) is 3.80. The molecule has 0 atom stereocenters. The second-order valence-electron chi connectivity index (χ2n) is 5.20. The second kappa shape index (κ2) is 6.38. The van der Waals surface area contributed by atoms with Crippen LogP contribution in [0.2, 0.25) is 0 Å². The van der Waals surface area contributed by atoms with E-state index in [4.69, 9.17) is 10.00 Å². The van der Waals surface area contributed by atoms with Crippen LogP contribution in [0.5, 0.6) is 5.75 Å². The van der Waals surface area contributed by atoms with E-state index >= 15 is 0 Å². The second-order valence-corrected chi connectivity index (χ2v) is 5.20. The highest BCUT2D eigenvalue weighted by Crippen LogP contribution is 2.19. The first kappa shape index (κ1) is 13.6. The van der Waals surface area contributed by atoms with E-state index in [1.165, 1.54) is 12.8 Å². The van der Waals surface area contributed by atoms with Crippen LogP contribution in [0.4, 0.5) is 0 Å². The Kier molecular flexibility index (Phi) is 4.13. The fourth-order valence-corrected chi connectivity index (χ4v) is 2.05. The van der Waals surface area contributed by atoms with Crippen molar-refractivity contribution in [2.75, 3.05) is 0 Å². The van der Waals surface area contributed by atoms with Gasteiger partial charge in [0.25, 0.3) is 0 Å². The SMILES string of the molecule is N#Cc1ccccc1COc1ccc(CNC2CC2)nc1. The molecule has 106 valence electrons. The number of nitriles is 1. The molecular formula is C17H17N3O. The molecular weight excluding hydrogens is 262 g/mol. The van der Waals surface area contributed by atoms with Crippen LogP contribution in [-0.4, -0.2) is 11.0 Å². The topological polar surface area (TPSA) is 57.9 Å². The van der Waals surface area contributed by atoms with E-state index in [0.717, 1.165) is 23.6 Å². The van der Waals surface area contributed by atoms with Gasteiger partial charge >= 0.3 is 0 Å². The van der Waals surface area contributed by atoms with E-state index in [1.807, 2.05) is 30.3 Å². The van der Waals surface area contributed by atoms with Crippen molar-refractivity contribution < 1.29 is 4.74 Å². The van der Waals surface area contributed by atoms with Crippen molar-refractivity contribution in [3.63, 3.8) is 0 Å². The molecule has 1 aliphatic carbocycles. The van der Waals surface area contributed by atoms with Crippen LogP contribution >= 0.6 is 0 Å². The molecule has 21 heavy (non-hydrogen) atoms. The molecule has 3 rings (SSSR count). The molecule has 0 saturated heterocycles. The summed E-state index contributed by atoms with van der Waals surface area (Å²) in [4.78, 5) is 4.38. The normalized spacial score (nSPS) is 13.7. The number of benzene rings is 1. The van der Waals surface area contributed by atoms with E-state index in [2.05, 4.69) is 16.4 Å². The van der Waals surface area contributed by atoms with Gasteiger partial charge < -0.3 is 10.1 Å². The minimum Gasteiger partial charge on any atom is -0.487 e. The van der Waals surface area contributed by atoms with Crippen molar-refractivity contribution in [1.82, 2.24) is 10.3 Å². The first-order valence-corrected chi connectivity index (χ1v) is 7.14. The zero-order valence-corrected chi connectivity index (χ0v) is 11.7. The molecule has 1 fully saturated rings. The Morgan fingerprint density at radius 2 is 2.10 bits per heavy atom. The Balaban J connectivity index is 1.56. The van der Waals surface area contributed by atoms with Crippen LogP contribution in [0.3, 0.4) is 0 Å². The van der Waals surface area contributed by atoms with Crippen LogP contribution in [-0.2, 0) is 13.2 Å². The summed E-state index contributed by atoms with van der Waals surface area (Å²) in [6, 6.07) is 14.2. The van der Waals surface area contributed by atoms with E-state index in [1.54, 1.807) is 12.3 Å². The Morgan fingerprint density at radius 3 is 2.81 bits per heavy atom. The molecule has 1 aromatic carbocycles. The van der Waals surface area contributed by atoms with Crippen LogP contribution in [0, 0.1) is 11.3 Å². The number of ether oxygens (including phenoxy) is 1. The van der Waals surface area contributed by atoms with Gasteiger partial charge in [-0.2, -0.15) is 5.26 Å². The van der Waals surface area contributed by atoms with Gasteiger partial charge in [-0.25, -0.2) is 0 Å². The van der Waals surface area contributed by atoms with Crippen molar-refractivity contribution in [3.05, 3.63) is 59.4 Å². The maximum atomic E-state index is 9.04. The highest BCUT2D eigenvalue weighted by molar-refractivity contribution is 5.37. The molecule has 0 aliphatic heterocycles. The summed E-state index contributed by atoms with van der Waals surface area (Å²) in [5.41, 5.74) is 2.56. The van der Waals surface area contributed by atoms with Gasteiger partial charge in [0.15, 0.2) is 0 Å². The summed E-state index contributed by atoms with van der Waals surface area (Å²) in [7, 11) is 0. The van der Waals surface area contributed by atoms with Gasteiger partial charge in [-0.05, 0) is 31.0 Å². The van der Waals surface area contributed by atoms with Crippen LogP contribution in [0.15, 0.2) is 42.6 Å². The van der Waals surface area contributed by atoms with E-state index in [-0.39, 0.29) is 0 Å². The lowest BCUT2D eigenvalue weighted by Gasteiger charge is -2.08.